The van der Waals surface area contributed by atoms with E-state index in [1.165, 1.54) is 0 Å². The third kappa shape index (κ3) is 3.97. The molecule has 1 fully saturated rings. The van der Waals surface area contributed by atoms with Gasteiger partial charge in [0.1, 0.15) is 23.5 Å². The summed E-state index contributed by atoms with van der Waals surface area (Å²) in [5.74, 6) is 3.64. The summed E-state index contributed by atoms with van der Waals surface area (Å²) in [4.78, 5) is 4.30. The van der Waals surface area contributed by atoms with Crippen molar-refractivity contribution in [1.29, 1.82) is 0 Å². The van der Waals surface area contributed by atoms with Gasteiger partial charge in [-0.3, -0.25) is 4.57 Å². The molecule has 7 heteroatoms. The first-order valence-corrected chi connectivity index (χ1v) is 9.86. The number of halogens is 1. The summed E-state index contributed by atoms with van der Waals surface area (Å²) in [6.45, 7) is 1.98. The molecule has 146 valence electrons. The molecule has 0 saturated heterocycles. The van der Waals surface area contributed by atoms with E-state index in [1.807, 2.05) is 43.3 Å². The first kappa shape index (κ1) is 18.7. The largest absolute Gasteiger partial charge is 0.495 e. The lowest BCUT2D eigenvalue weighted by Gasteiger charge is -2.28. The summed E-state index contributed by atoms with van der Waals surface area (Å²) >= 11 is 6.03. The summed E-state index contributed by atoms with van der Waals surface area (Å²) in [5, 5.41) is 9.52. The van der Waals surface area contributed by atoms with E-state index in [4.69, 9.17) is 21.1 Å². The Hall–Kier alpha value is -2.60. The van der Waals surface area contributed by atoms with E-state index in [1.54, 1.807) is 13.3 Å². The second-order valence-electron chi connectivity index (χ2n) is 7.04. The Kier molecular flexibility index (Phi) is 5.48. The second-order valence-corrected chi connectivity index (χ2v) is 7.48. The molecule has 0 aliphatic heterocycles. The maximum atomic E-state index is 6.05. The topological polar surface area (TPSA) is 62.1 Å². The standard InChI is InChI=1S/C21H23ClN4O2/c1-14-24-25-21(26(14)17-7-5-16(22)6-8-17)15-3-9-18(10-4-15)28-20-12-11-19(27-2)13-23-20/h5-8,11-13,15,18H,3-4,9-10H2,1-2H3. The van der Waals surface area contributed by atoms with Crippen LogP contribution in [0.2, 0.25) is 5.02 Å². The van der Waals surface area contributed by atoms with Gasteiger partial charge in [-0.2, -0.15) is 0 Å². The Morgan fingerprint density at radius 2 is 1.75 bits per heavy atom. The van der Waals surface area contributed by atoms with Crippen LogP contribution in [0.1, 0.15) is 43.3 Å². The van der Waals surface area contributed by atoms with E-state index in [0.717, 1.165) is 53.8 Å². The van der Waals surface area contributed by atoms with Gasteiger partial charge in [0.25, 0.3) is 0 Å². The normalized spacial score (nSPS) is 19.4. The molecular weight excluding hydrogens is 376 g/mol. The fourth-order valence-corrected chi connectivity index (χ4v) is 3.85. The van der Waals surface area contributed by atoms with E-state index in [-0.39, 0.29) is 6.10 Å². The van der Waals surface area contributed by atoms with Gasteiger partial charge in [-0.15, -0.1) is 10.2 Å². The highest BCUT2D eigenvalue weighted by molar-refractivity contribution is 6.30. The van der Waals surface area contributed by atoms with Gasteiger partial charge in [-0.1, -0.05) is 11.6 Å². The van der Waals surface area contributed by atoms with Crippen LogP contribution in [-0.2, 0) is 0 Å². The van der Waals surface area contributed by atoms with Crippen molar-refractivity contribution in [2.24, 2.45) is 0 Å². The van der Waals surface area contributed by atoms with Crippen molar-refractivity contribution >= 4 is 11.6 Å². The summed E-state index contributed by atoms with van der Waals surface area (Å²) in [5.41, 5.74) is 1.04. The first-order valence-electron chi connectivity index (χ1n) is 9.48. The molecule has 0 N–H and O–H groups in total. The molecule has 0 radical (unpaired) electrons. The van der Waals surface area contributed by atoms with Gasteiger partial charge in [-0.05, 0) is 62.9 Å². The number of aryl methyl sites for hydroxylation is 1. The highest BCUT2D eigenvalue weighted by Crippen LogP contribution is 2.35. The quantitative estimate of drug-likeness (QED) is 0.621. The molecule has 0 atom stereocenters. The minimum atomic E-state index is 0.171. The molecule has 0 bridgehead atoms. The number of hydrogen-bond donors (Lipinski definition) is 0. The van der Waals surface area contributed by atoms with Crippen molar-refractivity contribution in [3.63, 3.8) is 0 Å². The van der Waals surface area contributed by atoms with Gasteiger partial charge in [-0.25, -0.2) is 4.98 Å². The van der Waals surface area contributed by atoms with Crippen LogP contribution in [0.3, 0.4) is 0 Å². The fraction of sp³-hybridized carbons (Fsp3) is 0.381. The minimum absolute atomic E-state index is 0.171. The number of hydrogen-bond acceptors (Lipinski definition) is 5. The molecule has 6 nitrogen and oxygen atoms in total. The molecule has 1 aromatic carbocycles. The molecule has 1 saturated carbocycles. The number of ether oxygens (including phenoxy) is 2. The van der Waals surface area contributed by atoms with Crippen molar-refractivity contribution in [3.05, 3.63) is 59.3 Å². The van der Waals surface area contributed by atoms with Crippen molar-refractivity contribution < 1.29 is 9.47 Å². The summed E-state index contributed by atoms with van der Waals surface area (Å²) < 4.78 is 13.3. The maximum absolute atomic E-state index is 6.05. The number of benzene rings is 1. The van der Waals surface area contributed by atoms with E-state index >= 15 is 0 Å². The Bertz CT molecular complexity index is 917. The molecular formula is C21H23ClN4O2. The molecule has 3 aromatic rings. The smallest absolute Gasteiger partial charge is 0.213 e. The third-order valence-electron chi connectivity index (χ3n) is 5.21. The van der Waals surface area contributed by atoms with Gasteiger partial charge in [0.05, 0.1) is 13.3 Å². The number of methoxy groups -OCH3 is 1. The van der Waals surface area contributed by atoms with E-state index in [0.29, 0.717) is 11.8 Å². The predicted octanol–water partition coefficient (Wildman–Crippen LogP) is 4.74. The van der Waals surface area contributed by atoms with Crippen LogP contribution in [0, 0.1) is 6.92 Å². The Morgan fingerprint density at radius 1 is 1.00 bits per heavy atom. The zero-order valence-corrected chi connectivity index (χ0v) is 16.8. The molecule has 1 aliphatic carbocycles. The zero-order valence-electron chi connectivity index (χ0n) is 16.0. The van der Waals surface area contributed by atoms with Gasteiger partial charge in [0, 0.05) is 22.7 Å². The molecule has 2 aromatic heterocycles. The maximum Gasteiger partial charge on any atom is 0.213 e. The van der Waals surface area contributed by atoms with Crippen molar-refractivity contribution in [1.82, 2.24) is 19.7 Å². The zero-order chi connectivity index (χ0) is 19.5. The number of aromatic nitrogens is 4. The molecule has 2 heterocycles. The number of pyridine rings is 1. The number of rotatable bonds is 5. The average Bonchev–Trinajstić information content (AvgIpc) is 3.11. The Morgan fingerprint density at radius 3 is 2.39 bits per heavy atom. The van der Waals surface area contributed by atoms with Gasteiger partial charge in [0.15, 0.2) is 0 Å². The highest BCUT2D eigenvalue weighted by Gasteiger charge is 2.28. The second kappa shape index (κ2) is 8.19. The van der Waals surface area contributed by atoms with Gasteiger partial charge >= 0.3 is 0 Å². The van der Waals surface area contributed by atoms with Crippen molar-refractivity contribution in [3.8, 4) is 17.3 Å². The molecule has 28 heavy (non-hydrogen) atoms. The molecule has 0 unspecified atom stereocenters. The first-order chi connectivity index (χ1) is 13.6. The lowest BCUT2D eigenvalue weighted by Crippen LogP contribution is -2.25. The minimum Gasteiger partial charge on any atom is -0.495 e. The average molecular weight is 399 g/mol. The summed E-state index contributed by atoms with van der Waals surface area (Å²) in [7, 11) is 1.63. The van der Waals surface area contributed by atoms with Crippen LogP contribution in [0.15, 0.2) is 42.6 Å². The monoisotopic (exact) mass is 398 g/mol. The van der Waals surface area contributed by atoms with E-state index < -0.39 is 0 Å². The predicted molar refractivity (Wildman–Crippen MR) is 108 cm³/mol. The van der Waals surface area contributed by atoms with E-state index in [9.17, 15) is 0 Å². The molecule has 0 spiro atoms. The Labute approximate surface area is 169 Å². The fourth-order valence-electron chi connectivity index (χ4n) is 3.72. The van der Waals surface area contributed by atoms with Crippen LogP contribution in [0.25, 0.3) is 5.69 Å². The van der Waals surface area contributed by atoms with Crippen LogP contribution in [0.4, 0.5) is 0 Å². The van der Waals surface area contributed by atoms with E-state index in [2.05, 4.69) is 19.7 Å². The van der Waals surface area contributed by atoms with Crippen molar-refractivity contribution in [2.45, 2.75) is 44.6 Å². The van der Waals surface area contributed by atoms with Gasteiger partial charge in [0.2, 0.25) is 5.88 Å². The molecule has 1 aliphatic rings. The third-order valence-corrected chi connectivity index (χ3v) is 5.46. The molecule has 4 rings (SSSR count). The van der Waals surface area contributed by atoms with Crippen LogP contribution >= 0.6 is 11.6 Å². The highest BCUT2D eigenvalue weighted by atomic mass is 35.5. The summed E-state index contributed by atoms with van der Waals surface area (Å²) in [6.07, 6.45) is 5.79. The lowest BCUT2D eigenvalue weighted by molar-refractivity contribution is 0.138. The van der Waals surface area contributed by atoms with Gasteiger partial charge < -0.3 is 9.47 Å². The van der Waals surface area contributed by atoms with Crippen LogP contribution < -0.4 is 9.47 Å². The van der Waals surface area contributed by atoms with Crippen LogP contribution in [0.5, 0.6) is 11.6 Å². The van der Waals surface area contributed by atoms with Crippen molar-refractivity contribution in [2.75, 3.05) is 7.11 Å². The Balaban J connectivity index is 1.43. The molecule has 0 amide bonds. The summed E-state index contributed by atoms with van der Waals surface area (Å²) in [6, 6.07) is 11.5. The lowest BCUT2D eigenvalue weighted by atomic mass is 9.86. The number of nitrogens with zero attached hydrogens (tertiary/aromatic N) is 4. The van der Waals surface area contributed by atoms with Crippen LogP contribution in [-0.4, -0.2) is 33.0 Å². The SMILES string of the molecule is COc1ccc(OC2CCC(c3nnc(C)n3-c3ccc(Cl)cc3)CC2)nc1.